The van der Waals surface area contributed by atoms with Crippen LogP contribution >= 0.6 is 0 Å². The third kappa shape index (κ3) is 2.04. The summed E-state index contributed by atoms with van der Waals surface area (Å²) in [6.07, 6.45) is 4.22. The Morgan fingerprint density at radius 1 is 1.36 bits per heavy atom. The fraction of sp³-hybridized carbons (Fsp3) is 0.100. The van der Waals surface area contributed by atoms with E-state index in [-0.39, 0.29) is 5.78 Å². The Hall–Kier alpha value is -1.37. The number of benzene rings is 1. The van der Waals surface area contributed by atoms with E-state index in [1.165, 1.54) is 0 Å². The fourth-order valence-electron chi connectivity index (χ4n) is 0.804. The van der Waals surface area contributed by atoms with E-state index in [9.17, 15) is 4.79 Å². The average Bonchev–Trinajstić information content (AvgIpc) is 2.07. The number of allylic oxidation sites excluding steroid dienone is 2. The van der Waals surface area contributed by atoms with Crippen LogP contribution in [0.25, 0.3) is 0 Å². The molecular formula is C10H9O. The van der Waals surface area contributed by atoms with Gasteiger partial charge in [-0.25, -0.2) is 0 Å². The Balaban J connectivity index is 2.86. The molecule has 0 amide bonds. The van der Waals surface area contributed by atoms with Crippen LogP contribution in [0.2, 0.25) is 0 Å². The molecule has 1 radical (unpaired) electrons. The number of rotatable bonds is 2. The van der Waals surface area contributed by atoms with Crippen molar-refractivity contribution in [3.05, 3.63) is 48.0 Å². The Kier molecular flexibility index (Phi) is 2.61. The highest BCUT2D eigenvalue weighted by Gasteiger charge is 1.97. The number of carbonyl (C=O) groups excluding carboxylic acids is 1. The first-order valence-electron chi connectivity index (χ1n) is 3.48. The smallest absolute Gasteiger partial charge is 0.193 e. The summed E-state index contributed by atoms with van der Waals surface area (Å²) >= 11 is 0. The first kappa shape index (κ1) is 7.73. The maximum absolute atomic E-state index is 11.1. The lowest BCUT2D eigenvalue weighted by Crippen LogP contribution is -1.92. The second-order valence-corrected chi connectivity index (χ2v) is 2.13. The molecule has 55 valence electrons. The summed E-state index contributed by atoms with van der Waals surface area (Å²) in [6, 6.07) is 9.11. The number of hydrogen-bond donors (Lipinski definition) is 0. The van der Waals surface area contributed by atoms with E-state index in [1.54, 1.807) is 25.1 Å². The molecule has 0 spiro atoms. The van der Waals surface area contributed by atoms with Crippen LogP contribution in [0.5, 0.6) is 0 Å². The van der Waals surface area contributed by atoms with Crippen LogP contribution in [0.15, 0.2) is 36.4 Å². The number of ketones is 1. The van der Waals surface area contributed by atoms with Crippen LogP contribution in [-0.4, -0.2) is 5.78 Å². The van der Waals surface area contributed by atoms with Gasteiger partial charge < -0.3 is 0 Å². The quantitative estimate of drug-likeness (QED) is 0.460. The minimum Gasteiger partial charge on any atom is -0.289 e. The van der Waals surface area contributed by atoms with Gasteiger partial charge in [-0.1, -0.05) is 36.4 Å². The molecule has 0 heterocycles. The van der Waals surface area contributed by atoms with Gasteiger partial charge in [-0.15, -0.1) is 0 Å². The van der Waals surface area contributed by atoms with E-state index in [0.717, 1.165) is 0 Å². The lowest BCUT2D eigenvalue weighted by atomic mass is 10.1. The SMILES string of the molecule is C/C=[C]/C(=O)c1ccccc1. The van der Waals surface area contributed by atoms with Gasteiger partial charge in [-0.2, -0.15) is 0 Å². The molecule has 0 aliphatic rings. The molecule has 11 heavy (non-hydrogen) atoms. The molecule has 1 rings (SSSR count). The van der Waals surface area contributed by atoms with Gasteiger partial charge in [0, 0.05) is 11.6 Å². The van der Waals surface area contributed by atoms with Crippen molar-refractivity contribution >= 4 is 5.78 Å². The molecule has 0 bridgehead atoms. The van der Waals surface area contributed by atoms with Gasteiger partial charge >= 0.3 is 0 Å². The van der Waals surface area contributed by atoms with Gasteiger partial charge in [0.15, 0.2) is 5.78 Å². The van der Waals surface area contributed by atoms with Crippen LogP contribution in [-0.2, 0) is 0 Å². The van der Waals surface area contributed by atoms with Crippen molar-refractivity contribution in [2.45, 2.75) is 6.92 Å². The molecule has 0 atom stereocenters. The minimum atomic E-state index is -0.0619. The third-order valence-electron chi connectivity index (χ3n) is 1.31. The van der Waals surface area contributed by atoms with Crippen molar-refractivity contribution in [1.29, 1.82) is 0 Å². The second-order valence-electron chi connectivity index (χ2n) is 2.13. The van der Waals surface area contributed by atoms with Gasteiger partial charge in [0.05, 0.1) is 0 Å². The van der Waals surface area contributed by atoms with Gasteiger partial charge in [0.25, 0.3) is 0 Å². The molecule has 0 aliphatic carbocycles. The lowest BCUT2D eigenvalue weighted by molar-refractivity contribution is 0.103. The summed E-state index contributed by atoms with van der Waals surface area (Å²) in [5.41, 5.74) is 0.686. The lowest BCUT2D eigenvalue weighted by Gasteiger charge is -1.91. The van der Waals surface area contributed by atoms with Gasteiger partial charge in [-0.3, -0.25) is 4.79 Å². The van der Waals surface area contributed by atoms with Crippen molar-refractivity contribution in [3.63, 3.8) is 0 Å². The Morgan fingerprint density at radius 2 is 2.00 bits per heavy atom. The standard InChI is InChI=1S/C10H9O/c1-2-6-10(11)9-7-4-3-5-8-9/h2-5,7-8H,1H3. The zero-order valence-electron chi connectivity index (χ0n) is 6.37. The first-order chi connectivity index (χ1) is 5.34. The maximum atomic E-state index is 11.1. The number of carbonyl (C=O) groups is 1. The van der Waals surface area contributed by atoms with Crippen LogP contribution in [0.1, 0.15) is 17.3 Å². The molecule has 0 aromatic heterocycles. The molecule has 0 unspecified atom stereocenters. The Morgan fingerprint density at radius 3 is 2.55 bits per heavy atom. The monoisotopic (exact) mass is 145 g/mol. The molecule has 0 saturated carbocycles. The highest BCUT2D eigenvalue weighted by molar-refractivity contribution is 6.01. The van der Waals surface area contributed by atoms with E-state index < -0.39 is 0 Å². The van der Waals surface area contributed by atoms with Crippen LogP contribution in [0.4, 0.5) is 0 Å². The maximum Gasteiger partial charge on any atom is 0.193 e. The van der Waals surface area contributed by atoms with Gasteiger partial charge in [0.1, 0.15) is 0 Å². The molecule has 1 aromatic rings. The Bertz CT molecular complexity index is 259. The van der Waals surface area contributed by atoms with Crippen molar-refractivity contribution in [2.24, 2.45) is 0 Å². The van der Waals surface area contributed by atoms with Crippen LogP contribution in [0.3, 0.4) is 0 Å². The van der Waals surface area contributed by atoms with E-state index in [4.69, 9.17) is 0 Å². The molecule has 0 N–H and O–H groups in total. The van der Waals surface area contributed by atoms with E-state index in [2.05, 4.69) is 6.08 Å². The topological polar surface area (TPSA) is 17.1 Å². The van der Waals surface area contributed by atoms with E-state index in [1.807, 2.05) is 18.2 Å². The molecule has 1 heteroatoms. The summed E-state index contributed by atoms with van der Waals surface area (Å²) < 4.78 is 0. The molecule has 1 aromatic carbocycles. The van der Waals surface area contributed by atoms with Crippen molar-refractivity contribution < 1.29 is 4.79 Å². The average molecular weight is 145 g/mol. The molecule has 0 fully saturated rings. The predicted octanol–water partition coefficient (Wildman–Crippen LogP) is 2.25. The first-order valence-corrected chi connectivity index (χ1v) is 3.48. The zero-order chi connectivity index (χ0) is 8.10. The Labute approximate surface area is 66.4 Å². The largest absolute Gasteiger partial charge is 0.289 e. The van der Waals surface area contributed by atoms with Gasteiger partial charge in [0.2, 0.25) is 0 Å². The zero-order valence-corrected chi connectivity index (χ0v) is 6.37. The van der Waals surface area contributed by atoms with Crippen LogP contribution < -0.4 is 0 Å². The third-order valence-corrected chi connectivity index (χ3v) is 1.31. The van der Waals surface area contributed by atoms with Crippen molar-refractivity contribution in [1.82, 2.24) is 0 Å². The second kappa shape index (κ2) is 3.71. The normalized spacial score (nSPS) is 10.3. The summed E-state index contributed by atoms with van der Waals surface area (Å²) in [6.45, 7) is 1.78. The highest BCUT2D eigenvalue weighted by atomic mass is 16.1. The predicted molar refractivity (Wildman–Crippen MR) is 44.3 cm³/mol. The minimum absolute atomic E-state index is 0.0619. The molecular weight excluding hydrogens is 136 g/mol. The van der Waals surface area contributed by atoms with E-state index in [0.29, 0.717) is 5.56 Å². The summed E-state index contributed by atoms with van der Waals surface area (Å²) in [5.74, 6) is -0.0619. The summed E-state index contributed by atoms with van der Waals surface area (Å²) in [7, 11) is 0. The summed E-state index contributed by atoms with van der Waals surface area (Å²) in [5, 5.41) is 0. The van der Waals surface area contributed by atoms with Crippen molar-refractivity contribution in [3.8, 4) is 0 Å². The number of hydrogen-bond acceptors (Lipinski definition) is 1. The fourth-order valence-corrected chi connectivity index (χ4v) is 0.804. The van der Waals surface area contributed by atoms with Crippen molar-refractivity contribution in [2.75, 3.05) is 0 Å². The molecule has 1 nitrogen and oxygen atoms in total. The highest BCUT2D eigenvalue weighted by Crippen LogP contribution is 1.99. The number of Topliss-reactive ketones (excluding diaryl/α,β-unsaturated/α-hetero) is 1. The van der Waals surface area contributed by atoms with Gasteiger partial charge in [-0.05, 0) is 6.92 Å². The molecule has 0 saturated heterocycles. The summed E-state index contributed by atoms with van der Waals surface area (Å²) in [4.78, 5) is 11.1. The van der Waals surface area contributed by atoms with E-state index >= 15 is 0 Å². The van der Waals surface area contributed by atoms with Crippen LogP contribution in [0, 0.1) is 6.08 Å². The molecule has 0 aliphatic heterocycles.